The van der Waals surface area contributed by atoms with Crippen LogP contribution >= 0.6 is 24.0 Å². The molecule has 5 rings (SSSR count). The molecule has 1 fully saturated rings. The highest BCUT2D eigenvalue weighted by Crippen LogP contribution is 2.29. The summed E-state index contributed by atoms with van der Waals surface area (Å²) in [7, 11) is 0. The SMILES string of the molecule is Cl.Clc1cccc(Cn2ccc3c(CN4CCNCC4)nc4ccccc4c32)c1. The number of para-hydroxylation sites is 1. The lowest BCUT2D eigenvalue weighted by atomic mass is 10.1. The zero-order valence-electron chi connectivity index (χ0n) is 16.1. The van der Waals surface area contributed by atoms with Crippen molar-refractivity contribution in [2.45, 2.75) is 13.1 Å². The number of nitrogens with zero attached hydrogens (tertiary/aromatic N) is 3. The van der Waals surface area contributed by atoms with Gasteiger partial charge in [0.1, 0.15) is 0 Å². The molecule has 150 valence electrons. The van der Waals surface area contributed by atoms with Crippen molar-refractivity contribution in [1.29, 1.82) is 0 Å². The molecule has 0 unspecified atom stereocenters. The lowest BCUT2D eigenvalue weighted by molar-refractivity contribution is 0.232. The standard InChI is InChI=1S/C23H23ClN4.ClH/c24-18-5-3-4-17(14-18)15-28-11-8-20-22(16-27-12-9-25-10-13-27)26-21-7-2-1-6-19(21)23(20)28;/h1-8,11,14,25H,9-10,12-13,15-16H2;1H. The smallest absolute Gasteiger partial charge is 0.0727 e. The van der Waals surface area contributed by atoms with E-state index in [1.165, 1.54) is 27.5 Å². The number of benzene rings is 2. The first kappa shape index (κ1) is 20.2. The van der Waals surface area contributed by atoms with Crippen LogP contribution in [0.1, 0.15) is 11.3 Å². The minimum absolute atomic E-state index is 0. The third kappa shape index (κ3) is 4.12. The number of pyridine rings is 1. The van der Waals surface area contributed by atoms with Crippen LogP contribution < -0.4 is 5.32 Å². The van der Waals surface area contributed by atoms with E-state index in [0.29, 0.717) is 0 Å². The summed E-state index contributed by atoms with van der Waals surface area (Å²) < 4.78 is 2.33. The molecule has 0 bridgehead atoms. The summed E-state index contributed by atoms with van der Waals surface area (Å²) in [4.78, 5) is 7.52. The van der Waals surface area contributed by atoms with Gasteiger partial charge in [-0.25, -0.2) is 0 Å². The summed E-state index contributed by atoms with van der Waals surface area (Å²) >= 11 is 6.20. The monoisotopic (exact) mass is 426 g/mol. The molecule has 4 aromatic rings. The van der Waals surface area contributed by atoms with Gasteiger partial charge < -0.3 is 9.88 Å². The van der Waals surface area contributed by atoms with Gasteiger partial charge >= 0.3 is 0 Å². The third-order valence-electron chi connectivity index (χ3n) is 5.51. The van der Waals surface area contributed by atoms with Crippen molar-refractivity contribution in [2.24, 2.45) is 0 Å². The van der Waals surface area contributed by atoms with Gasteiger partial charge in [0.25, 0.3) is 0 Å². The van der Waals surface area contributed by atoms with Crippen molar-refractivity contribution < 1.29 is 0 Å². The van der Waals surface area contributed by atoms with Gasteiger partial charge in [-0.3, -0.25) is 9.88 Å². The van der Waals surface area contributed by atoms with Crippen molar-refractivity contribution in [1.82, 2.24) is 19.8 Å². The molecule has 4 nitrogen and oxygen atoms in total. The van der Waals surface area contributed by atoms with E-state index in [-0.39, 0.29) is 12.4 Å². The highest BCUT2D eigenvalue weighted by Gasteiger charge is 2.16. The maximum atomic E-state index is 6.20. The van der Waals surface area contributed by atoms with E-state index in [1.807, 2.05) is 18.2 Å². The Labute approximate surface area is 181 Å². The zero-order valence-corrected chi connectivity index (χ0v) is 17.7. The lowest BCUT2D eigenvalue weighted by Gasteiger charge is -2.27. The molecule has 0 spiro atoms. The molecule has 2 aromatic carbocycles. The van der Waals surface area contributed by atoms with E-state index in [0.717, 1.165) is 49.8 Å². The van der Waals surface area contributed by atoms with Crippen LogP contribution in [-0.4, -0.2) is 40.6 Å². The molecule has 29 heavy (non-hydrogen) atoms. The Hall–Kier alpha value is -2.11. The summed E-state index contributed by atoms with van der Waals surface area (Å²) in [6.07, 6.45) is 2.18. The van der Waals surface area contributed by atoms with Crippen molar-refractivity contribution >= 4 is 45.8 Å². The molecule has 1 aliphatic rings. The van der Waals surface area contributed by atoms with E-state index >= 15 is 0 Å². The second kappa shape index (κ2) is 8.72. The molecule has 6 heteroatoms. The van der Waals surface area contributed by atoms with E-state index < -0.39 is 0 Å². The predicted octanol–water partition coefficient (Wildman–Crippen LogP) is 4.72. The molecule has 0 saturated carbocycles. The van der Waals surface area contributed by atoms with Crippen LogP contribution in [0.25, 0.3) is 21.8 Å². The van der Waals surface area contributed by atoms with Crippen LogP contribution in [0.3, 0.4) is 0 Å². The number of nitrogens with one attached hydrogen (secondary N) is 1. The number of hydrogen-bond donors (Lipinski definition) is 1. The first-order chi connectivity index (χ1) is 13.8. The van der Waals surface area contributed by atoms with Gasteiger partial charge in [0.15, 0.2) is 0 Å². The van der Waals surface area contributed by atoms with Crippen molar-refractivity contribution in [2.75, 3.05) is 26.2 Å². The van der Waals surface area contributed by atoms with Crippen LogP contribution in [0.2, 0.25) is 5.02 Å². The van der Waals surface area contributed by atoms with Gasteiger partial charge in [0.2, 0.25) is 0 Å². The van der Waals surface area contributed by atoms with E-state index in [9.17, 15) is 0 Å². The van der Waals surface area contributed by atoms with Crippen LogP contribution in [-0.2, 0) is 13.1 Å². The van der Waals surface area contributed by atoms with Crippen LogP contribution in [0, 0.1) is 0 Å². The first-order valence-corrected chi connectivity index (χ1v) is 10.2. The summed E-state index contributed by atoms with van der Waals surface area (Å²) in [5.41, 5.74) is 4.69. The van der Waals surface area contributed by atoms with Gasteiger partial charge in [0, 0.05) is 61.3 Å². The molecule has 3 heterocycles. The molecule has 0 radical (unpaired) electrons. The number of rotatable bonds is 4. The summed E-state index contributed by atoms with van der Waals surface area (Å²) in [5.74, 6) is 0. The topological polar surface area (TPSA) is 33.1 Å². The van der Waals surface area contributed by atoms with Crippen LogP contribution in [0.5, 0.6) is 0 Å². The molecule has 0 aliphatic carbocycles. The molecule has 1 saturated heterocycles. The first-order valence-electron chi connectivity index (χ1n) is 9.82. The number of fused-ring (bicyclic) bond motifs is 3. The van der Waals surface area contributed by atoms with Gasteiger partial charge in [-0.05, 0) is 29.8 Å². The summed E-state index contributed by atoms with van der Waals surface area (Å²) in [6.45, 7) is 5.92. The Morgan fingerprint density at radius 3 is 2.59 bits per heavy atom. The summed E-state index contributed by atoms with van der Waals surface area (Å²) in [6, 6.07) is 18.8. The fourth-order valence-electron chi connectivity index (χ4n) is 4.15. The van der Waals surface area contributed by atoms with E-state index in [2.05, 4.69) is 57.4 Å². The number of hydrogen-bond acceptors (Lipinski definition) is 3. The highest BCUT2D eigenvalue weighted by molar-refractivity contribution is 6.30. The second-order valence-corrected chi connectivity index (χ2v) is 7.87. The Morgan fingerprint density at radius 2 is 1.76 bits per heavy atom. The predicted molar refractivity (Wildman–Crippen MR) is 123 cm³/mol. The van der Waals surface area contributed by atoms with Crippen molar-refractivity contribution in [3.63, 3.8) is 0 Å². The second-order valence-electron chi connectivity index (χ2n) is 7.44. The van der Waals surface area contributed by atoms with Gasteiger partial charge in [0.05, 0.1) is 16.7 Å². The Morgan fingerprint density at radius 1 is 0.931 bits per heavy atom. The minimum Gasteiger partial charge on any atom is -0.342 e. The van der Waals surface area contributed by atoms with Crippen LogP contribution in [0.15, 0.2) is 60.8 Å². The normalized spacial score (nSPS) is 14.9. The molecule has 0 atom stereocenters. The molecule has 0 amide bonds. The van der Waals surface area contributed by atoms with Crippen molar-refractivity contribution in [3.05, 3.63) is 77.1 Å². The van der Waals surface area contributed by atoms with Gasteiger partial charge in [-0.15, -0.1) is 12.4 Å². The fraction of sp³-hybridized carbons (Fsp3) is 0.261. The molecule has 2 aromatic heterocycles. The molecule has 1 aliphatic heterocycles. The number of aromatic nitrogens is 2. The maximum Gasteiger partial charge on any atom is 0.0727 e. The van der Waals surface area contributed by atoms with Gasteiger partial charge in [-0.2, -0.15) is 0 Å². The number of piperazine rings is 1. The lowest BCUT2D eigenvalue weighted by Crippen LogP contribution is -2.43. The maximum absolute atomic E-state index is 6.20. The highest BCUT2D eigenvalue weighted by atomic mass is 35.5. The molecular weight excluding hydrogens is 403 g/mol. The minimum atomic E-state index is 0. The molecule has 1 N–H and O–H groups in total. The van der Waals surface area contributed by atoms with Crippen molar-refractivity contribution in [3.8, 4) is 0 Å². The Kier molecular flexibility index (Phi) is 6.07. The fourth-order valence-corrected chi connectivity index (χ4v) is 4.36. The van der Waals surface area contributed by atoms with Gasteiger partial charge in [-0.1, -0.05) is 41.9 Å². The Bertz CT molecular complexity index is 1130. The third-order valence-corrected chi connectivity index (χ3v) is 5.75. The average Bonchev–Trinajstić information content (AvgIpc) is 3.13. The quantitative estimate of drug-likeness (QED) is 0.512. The molecular formula is C23H24Cl2N4. The van der Waals surface area contributed by atoms with E-state index in [4.69, 9.17) is 16.6 Å². The Balaban J connectivity index is 0.00000205. The number of halogens is 2. The largest absolute Gasteiger partial charge is 0.342 e. The summed E-state index contributed by atoms with van der Waals surface area (Å²) in [5, 5.41) is 6.66. The average molecular weight is 427 g/mol. The van der Waals surface area contributed by atoms with E-state index in [1.54, 1.807) is 0 Å². The van der Waals surface area contributed by atoms with Crippen LogP contribution in [0.4, 0.5) is 0 Å². The zero-order chi connectivity index (χ0) is 18.9.